The molecule has 0 bridgehead atoms. The van der Waals surface area contributed by atoms with Crippen molar-refractivity contribution < 1.29 is 14.7 Å². The first kappa shape index (κ1) is 15.6. The Kier molecular flexibility index (Phi) is 4.34. The molecule has 23 heavy (non-hydrogen) atoms. The number of carbonyl (C=O) groups is 2. The summed E-state index contributed by atoms with van der Waals surface area (Å²) in [6.45, 7) is 0.586. The molecular weight excluding hydrogens is 318 g/mol. The van der Waals surface area contributed by atoms with Gasteiger partial charge in [0, 0.05) is 23.8 Å². The summed E-state index contributed by atoms with van der Waals surface area (Å²) in [7, 11) is 0. The number of aliphatic carboxylic acids is 1. The summed E-state index contributed by atoms with van der Waals surface area (Å²) >= 11 is 5.86. The molecule has 1 fully saturated rings. The van der Waals surface area contributed by atoms with Crippen molar-refractivity contribution in [3.63, 3.8) is 0 Å². The minimum absolute atomic E-state index is 0.0168. The number of likely N-dealkylation sites (tertiary alicyclic amines) is 1. The molecule has 0 aliphatic carbocycles. The highest BCUT2D eigenvalue weighted by atomic mass is 35.5. The van der Waals surface area contributed by atoms with Gasteiger partial charge in [-0.05, 0) is 37.1 Å². The number of carboxylic acid groups (broad SMARTS) is 1. The maximum atomic E-state index is 12.6. The van der Waals surface area contributed by atoms with E-state index >= 15 is 0 Å². The first-order chi connectivity index (χ1) is 11.0. The van der Waals surface area contributed by atoms with Crippen LogP contribution in [0.5, 0.6) is 0 Å². The fraction of sp³-hybridized carbons (Fsp3) is 0.312. The summed E-state index contributed by atoms with van der Waals surface area (Å²) in [5, 5.41) is 13.8. The van der Waals surface area contributed by atoms with Crippen molar-refractivity contribution in [2.24, 2.45) is 0 Å². The number of rotatable bonds is 4. The minimum Gasteiger partial charge on any atom is -0.481 e. The van der Waals surface area contributed by atoms with E-state index in [1.54, 1.807) is 27.9 Å². The molecule has 1 aromatic heterocycles. The summed E-state index contributed by atoms with van der Waals surface area (Å²) in [6, 6.07) is 6.89. The zero-order valence-electron chi connectivity index (χ0n) is 12.4. The molecule has 2 aromatic rings. The van der Waals surface area contributed by atoms with E-state index in [-0.39, 0.29) is 18.4 Å². The smallest absolute Gasteiger partial charge is 0.305 e. The fourth-order valence-electron chi connectivity index (χ4n) is 2.85. The second kappa shape index (κ2) is 6.42. The predicted molar refractivity (Wildman–Crippen MR) is 84.9 cm³/mol. The third kappa shape index (κ3) is 3.37. The lowest BCUT2D eigenvalue weighted by Gasteiger charge is -2.22. The Bertz CT molecular complexity index is 726. The molecule has 1 unspecified atom stereocenters. The minimum atomic E-state index is -0.883. The van der Waals surface area contributed by atoms with Gasteiger partial charge in [-0.2, -0.15) is 5.10 Å². The van der Waals surface area contributed by atoms with E-state index in [1.807, 2.05) is 12.1 Å². The van der Waals surface area contributed by atoms with Gasteiger partial charge in [0.05, 0.1) is 23.9 Å². The highest BCUT2D eigenvalue weighted by molar-refractivity contribution is 6.30. The van der Waals surface area contributed by atoms with Crippen LogP contribution in [0.3, 0.4) is 0 Å². The zero-order chi connectivity index (χ0) is 16.4. The van der Waals surface area contributed by atoms with Crippen LogP contribution >= 0.6 is 11.6 Å². The molecule has 1 aromatic carbocycles. The third-order valence-corrected chi connectivity index (χ3v) is 4.22. The van der Waals surface area contributed by atoms with E-state index in [0.717, 1.165) is 18.5 Å². The number of nitrogens with zero attached hydrogens (tertiary/aromatic N) is 3. The van der Waals surface area contributed by atoms with Crippen LogP contribution in [0.1, 0.15) is 29.6 Å². The van der Waals surface area contributed by atoms with Gasteiger partial charge in [0.25, 0.3) is 5.91 Å². The lowest BCUT2D eigenvalue weighted by Crippen LogP contribution is -2.36. The van der Waals surface area contributed by atoms with Crippen LogP contribution in [-0.2, 0) is 4.79 Å². The van der Waals surface area contributed by atoms with Crippen molar-refractivity contribution in [2.75, 3.05) is 6.54 Å². The molecule has 2 heterocycles. The lowest BCUT2D eigenvalue weighted by atomic mass is 10.1. The van der Waals surface area contributed by atoms with Gasteiger partial charge in [-0.15, -0.1) is 0 Å². The van der Waals surface area contributed by atoms with Crippen LogP contribution in [-0.4, -0.2) is 44.3 Å². The molecule has 1 saturated heterocycles. The Morgan fingerprint density at radius 3 is 2.74 bits per heavy atom. The summed E-state index contributed by atoms with van der Waals surface area (Å²) in [4.78, 5) is 25.1. The zero-order valence-corrected chi connectivity index (χ0v) is 13.1. The van der Waals surface area contributed by atoms with E-state index in [4.69, 9.17) is 16.7 Å². The van der Waals surface area contributed by atoms with Gasteiger partial charge in [-0.1, -0.05) is 11.6 Å². The van der Waals surface area contributed by atoms with Gasteiger partial charge in [0.1, 0.15) is 0 Å². The standard InChI is InChI=1S/C16H16ClN3O3/c17-12-3-5-13(6-4-12)20-10-11(9-18-20)16(23)19-7-1-2-14(19)8-15(21)22/h3-6,9-10,14H,1-2,7-8H2,(H,21,22). The van der Waals surface area contributed by atoms with Crippen molar-refractivity contribution in [2.45, 2.75) is 25.3 Å². The van der Waals surface area contributed by atoms with Gasteiger partial charge < -0.3 is 10.0 Å². The molecule has 120 valence electrons. The van der Waals surface area contributed by atoms with Crippen LogP contribution in [0.2, 0.25) is 5.02 Å². The molecule has 1 aliphatic heterocycles. The number of halogens is 1. The second-order valence-electron chi connectivity index (χ2n) is 5.54. The van der Waals surface area contributed by atoms with Crippen LogP contribution in [0, 0.1) is 0 Å². The van der Waals surface area contributed by atoms with Gasteiger partial charge in [0.15, 0.2) is 0 Å². The van der Waals surface area contributed by atoms with Crippen molar-refractivity contribution in [3.05, 3.63) is 47.2 Å². The van der Waals surface area contributed by atoms with Gasteiger partial charge in [0.2, 0.25) is 0 Å². The number of hydrogen-bond donors (Lipinski definition) is 1. The summed E-state index contributed by atoms with van der Waals surface area (Å²) in [5.41, 5.74) is 1.26. The SMILES string of the molecule is O=C(O)CC1CCCN1C(=O)c1cnn(-c2ccc(Cl)cc2)c1. The van der Waals surface area contributed by atoms with Crippen LogP contribution < -0.4 is 0 Å². The Hall–Kier alpha value is -2.34. The molecule has 7 heteroatoms. The number of benzene rings is 1. The Labute approximate surface area is 138 Å². The number of amides is 1. The third-order valence-electron chi connectivity index (χ3n) is 3.97. The van der Waals surface area contributed by atoms with Crippen LogP contribution in [0.25, 0.3) is 5.69 Å². The fourth-order valence-corrected chi connectivity index (χ4v) is 2.98. The molecule has 1 aliphatic rings. The van der Waals surface area contributed by atoms with Crippen molar-refractivity contribution in [3.8, 4) is 5.69 Å². The van der Waals surface area contributed by atoms with Crippen LogP contribution in [0.4, 0.5) is 0 Å². The molecule has 0 spiro atoms. The molecule has 0 radical (unpaired) electrons. The molecule has 1 amide bonds. The first-order valence-corrected chi connectivity index (χ1v) is 7.76. The first-order valence-electron chi connectivity index (χ1n) is 7.38. The summed E-state index contributed by atoms with van der Waals surface area (Å²) < 4.78 is 1.60. The van der Waals surface area contributed by atoms with Gasteiger partial charge >= 0.3 is 5.97 Å². The number of carbonyl (C=O) groups excluding carboxylic acids is 1. The van der Waals surface area contributed by atoms with E-state index in [0.29, 0.717) is 17.1 Å². The highest BCUT2D eigenvalue weighted by Crippen LogP contribution is 2.23. The molecule has 1 atom stereocenters. The van der Waals surface area contributed by atoms with Crippen molar-refractivity contribution >= 4 is 23.5 Å². The Balaban J connectivity index is 1.78. The highest BCUT2D eigenvalue weighted by Gasteiger charge is 2.31. The Morgan fingerprint density at radius 1 is 1.30 bits per heavy atom. The Morgan fingerprint density at radius 2 is 2.04 bits per heavy atom. The van der Waals surface area contributed by atoms with E-state index < -0.39 is 5.97 Å². The van der Waals surface area contributed by atoms with Gasteiger partial charge in [-0.25, -0.2) is 4.68 Å². The number of carboxylic acids is 1. The molecule has 3 rings (SSSR count). The monoisotopic (exact) mass is 333 g/mol. The average molecular weight is 334 g/mol. The van der Waals surface area contributed by atoms with Crippen molar-refractivity contribution in [1.82, 2.24) is 14.7 Å². The average Bonchev–Trinajstić information content (AvgIpc) is 3.16. The van der Waals surface area contributed by atoms with Gasteiger partial charge in [-0.3, -0.25) is 9.59 Å². The van der Waals surface area contributed by atoms with Crippen LogP contribution in [0.15, 0.2) is 36.7 Å². The van der Waals surface area contributed by atoms with Crippen molar-refractivity contribution in [1.29, 1.82) is 0 Å². The quantitative estimate of drug-likeness (QED) is 0.933. The topological polar surface area (TPSA) is 75.4 Å². The second-order valence-corrected chi connectivity index (χ2v) is 5.98. The largest absolute Gasteiger partial charge is 0.481 e. The molecular formula is C16H16ClN3O3. The molecule has 0 saturated carbocycles. The maximum absolute atomic E-state index is 12.6. The molecule has 1 N–H and O–H groups in total. The normalized spacial score (nSPS) is 17.4. The number of aromatic nitrogens is 2. The summed E-state index contributed by atoms with van der Waals surface area (Å²) in [5.74, 6) is -1.06. The van der Waals surface area contributed by atoms with E-state index in [9.17, 15) is 9.59 Å². The summed E-state index contributed by atoms with van der Waals surface area (Å²) in [6.07, 6.45) is 4.70. The molecule has 6 nitrogen and oxygen atoms in total. The number of hydrogen-bond acceptors (Lipinski definition) is 3. The van der Waals surface area contributed by atoms with E-state index in [2.05, 4.69) is 5.10 Å². The maximum Gasteiger partial charge on any atom is 0.305 e. The predicted octanol–water partition coefficient (Wildman–Crippen LogP) is 2.61. The van der Waals surface area contributed by atoms with E-state index in [1.165, 1.54) is 6.20 Å². The lowest BCUT2D eigenvalue weighted by molar-refractivity contribution is -0.137.